The Kier molecular flexibility index (Phi) is 5.61. The average molecular weight is 400 g/mol. The van der Waals surface area contributed by atoms with Gasteiger partial charge in [0.2, 0.25) is 0 Å². The first-order valence-electron chi connectivity index (χ1n) is 10.2. The lowest BCUT2D eigenvalue weighted by Crippen LogP contribution is -2.34. The SMILES string of the molecule is CC(C)NC(=O)COC(=O)c1c2c(nc3ccccc13)/C(=C/c1ccccc1)CC2. The highest BCUT2D eigenvalue weighted by atomic mass is 16.5. The Morgan fingerprint density at radius 1 is 1.07 bits per heavy atom. The van der Waals surface area contributed by atoms with Crippen LogP contribution in [-0.2, 0) is 16.0 Å². The molecule has 0 bridgehead atoms. The van der Waals surface area contributed by atoms with Crippen LogP contribution in [0.5, 0.6) is 0 Å². The summed E-state index contributed by atoms with van der Waals surface area (Å²) in [4.78, 5) is 29.8. The molecule has 1 amide bonds. The molecular weight excluding hydrogens is 376 g/mol. The number of nitrogens with one attached hydrogen (secondary N) is 1. The van der Waals surface area contributed by atoms with Gasteiger partial charge in [0, 0.05) is 11.4 Å². The monoisotopic (exact) mass is 400 g/mol. The van der Waals surface area contributed by atoms with Crippen LogP contribution in [0.3, 0.4) is 0 Å². The fourth-order valence-corrected chi connectivity index (χ4v) is 3.83. The number of allylic oxidation sites excluding steroid dienone is 1. The number of carbonyl (C=O) groups excluding carboxylic acids is 2. The lowest BCUT2D eigenvalue weighted by Gasteiger charge is -2.13. The van der Waals surface area contributed by atoms with E-state index in [9.17, 15) is 9.59 Å². The zero-order valence-electron chi connectivity index (χ0n) is 17.1. The molecule has 1 aliphatic rings. The minimum atomic E-state index is -0.482. The number of amides is 1. The quantitative estimate of drug-likeness (QED) is 0.645. The number of rotatable bonds is 5. The molecule has 0 fully saturated rings. The van der Waals surface area contributed by atoms with Gasteiger partial charge < -0.3 is 10.1 Å². The van der Waals surface area contributed by atoms with E-state index in [0.29, 0.717) is 12.0 Å². The fraction of sp³-hybridized carbons (Fsp3) is 0.240. The molecule has 0 saturated carbocycles. The molecule has 30 heavy (non-hydrogen) atoms. The number of esters is 1. The van der Waals surface area contributed by atoms with Crippen molar-refractivity contribution in [2.24, 2.45) is 0 Å². The molecule has 2 aromatic carbocycles. The van der Waals surface area contributed by atoms with Crippen molar-refractivity contribution in [2.45, 2.75) is 32.7 Å². The maximum Gasteiger partial charge on any atom is 0.339 e. The lowest BCUT2D eigenvalue weighted by molar-refractivity contribution is -0.124. The maximum absolute atomic E-state index is 13.0. The van der Waals surface area contributed by atoms with E-state index in [-0.39, 0.29) is 18.6 Å². The summed E-state index contributed by atoms with van der Waals surface area (Å²) < 4.78 is 5.38. The van der Waals surface area contributed by atoms with Gasteiger partial charge in [0.15, 0.2) is 6.61 Å². The Morgan fingerprint density at radius 3 is 2.57 bits per heavy atom. The Bertz CT molecular complexity index is 1130. The summed E-state index contributed by atoms with van der Waals surface area (Å²) in [5.41, 5.74) is 5.21. The van der Waals surface area contributed by atoms with Gasteiger partial charge in [-0.2, -0.15) is 0 Å². The molecule has 152 valence electrons. The first kappa shape index (κ1) is 19.8. The largest absolute Gasteiger partial charge is 0.452 e. The van der Waals surface area contributed by atoms with Crippen LogP contribution in [0.2, 0.25) is 0 Å². The molecule has 3 aromatic rings. The van der Waals surface area contributed by atoms with Crippen molar-refractivity contribution < 1.29 is 14.3 Å². The third kappa shape index (κ3) is 4.10. The van der Waals surface area contributed by atoms with Gasteiger partial charge in [-0.1, -0.05) is 48.5 Å². The van der Waals surface area contributed by atoms with Gasteiger partial charge in [-0.05, 0) is 55.5 Å². The molecule has 0 spiro atoms. The van der Waals surface area contributed by atoms with E-state index in [2.05, 4.69) is 23.5 Å². The predicted octanol–water partition coefficient (Wildman–Crippen LogP) is 4.40. The molecule has 0 atom stereocenters. The highest BCUT2D eigenvalue weighted by Crippen LogP contribution is 2.37. The van der Waals surface area contributed by atoms with Crippen LogP contribution < -0.4 is 5.32 Å². The number of benzene rings is 2. The van der Waals surface area contributed by atoms with Crippen LogP contribution in [0.1, 0.15) is 47.4 Å². The number of aromatic nitrogens is 1. The van der Waals surface area contributed by atoms with Gasteiger partial charge in [-0.15, -0.1) is 0 Å². The average Bonchev–Trinajstić information content (AvgIpc) is 3.12. The van der Waals surface area contributed by atoms with Crippen LogP contribution in [0, 0.1) is 0 Å². The van der Waals surface area contributed by atoms with Crippen LogP contribution in [0.4, 0.5) is 0 Å². The molecule has 0 aliphatic heterocycles. The first-order chi connectivity index (χ1) is 14.5. The smallest absolute Gasteiger partial charge is 0.339 e. The highest BCUT2D eigenvalue weighted by Gasteiger charge is 2.27. The lowest BCUT2D eigenvalue weighted by atomic mass is 10.0. The zero-order valence-corrected chi connectivity index (χ0v) is 17.1. The third-order valence-electron chi connectivity index (χ3n) is 5.07. The minimum Gasteiger partial charge on any atom is -0.452 e. The number of ether oxygens (including phenoxy) is 1. The van der Waals surface area contributed by atoms with Crippen molar-refractivity contribution in [3.63, 3.8) is 0 Å². The van der Waals surface area contributed by atoms with E-state index in [0.717, 1.165) is 39.7 Å². The van der Waals surface area contributed by atoms with Crippen molar-refractivity contribution in [1.29, 1.82) is 0 Å². The zero-order chi connectivity index (χ0) is 21.1. The number of fused-ring (bicyclic) bond motifs is 2. The van der Waals surface area contributed by atoms with E-state index in [1.165, 1.54) is 0 Å². The second-order valence-corrected chi connectivity index (χ2v) is 7.71. The number of nitrogens with zero attached hydrogens (tertiary/aromatic N) is 1. The van der Waals surface area contributed by atoms with Gasteiger partial charge in [-0.25, -0.2) is 9.78 Å². The normalized spacial score (nSPS) is 14.2. The molecule has 0 radical (unpaired) electrons. The number of pyridine rings is 1. The fourth-order valence-electron chi connectivity index (χ4n) is 3.83. The first-order valence-corrected chi connectivity index (χ1v) is 10.2. The van der Waals surface area contributed by atoms with E-state index in [1.54, 1.807) is 0 Å². The molecule has 0 unspecified atom stereocenters. The molecule has 1 N–H and O–H groups in total. The summed E-state index contributed by atoms with van der Waals surface area (Å²) in [6, 6.07) is 17.7. The van der Waals surface area contributed by atoms with Crippen LogP contribution in [-0.4, -0.2) is 29.5 Å². The summed E-state index contributed by atoms with van der Waals surface area (Å²) in [5, 5.41) is 3.49. The van der Waals surface area contributed by atoms with Crippen molar-refractivity contribution in [3.05, 3.63) is 77.0 Å². The van der Waals surface area contributed by atoms with Crippen LogP contribution in [0.15, 0.2) is 54.6 Å². The Hall–Kier alpha value is -3.47. The van der Waals surface area contributed by atoms with Gasteiger partial charge in [0.1, 0.15) is 0 Å². The standard InChI is InChI=1S/C25H24N2O3/c1-16(2)26-22(28)15-30-25(29)23-19-10-6-7-11-21(19)27-24-18(12-13-20(23)24)14-17-8-4-3-5-9-17/h3-11,14,16H,12-13,15H2,1-2H3,(H,26,28)/b18-14+. The number of hydrogen-bond donors (Lipinski definition) is 1. The van der Waals surface area contributed by atoms with E-state index < -0.39 is 5.97 Å². The molecule has 5 nitrogen and oxygen atoms in total. The van der Waals surface area contributed by atoms with E-state index >= 15 is 0 Å². The van der Waals surface area contributed by atoms with Crippen molar-refractivity contribution in [2.75, 3.05) is 6.61 Å². The van der Waals surface area contributed by atoms with Crippen molar-refractivity contribution in [3.8, 4) is 0 Å². The summed E-state index contributed by atoms with van der Waals surface area (Å²) in [6.45, 7) is 3.43. The molecule has 1 aliphatic carbocycles. The van der Waals surface area contributed by atoms with Crippen molar-refractivity contribution >= 4 is 34.4 Å². The molecule has 1 aromatic heterocycles. The van der Waals surface area contributed by atoms with Crippen LogP contribution >= 0.6 is 0 Å². The maximum atomic E-state index is 13.0. The summed E-state index contributed by atoms with van der Waals surface area (Å²) in [5.74, 6) is -0.789. The number of hydrogen-bond acceptors (Lipinski definition) is 4. The van der Waals surface area contributed by atoms with Crippen LogP contribution in [0.25, 0.3) is 22.6 Å². The summed E-state index contributed by atoms with van der Waals surface area (Å²) in [7, 11) is 0. The molecular formula is C25H24N2O3. The number of para-hydroxylation sites is 1. The second-order valence-electron chi connectivity index (χ2n) is 7.71. The Balaban J connectivity index is 1.72. The van der Waals surface area contributed by atoms with E-state index in [4.69, 9.17) is 9.72 Å². The molecule has 4 rings (SSSR count). The van der Waals surface area contributed by atoms with Gasteiger partial charge in [0.05, 0.1) is 16.8 Å². The Morgan fingerprint density at radius 2 is 1.80 bits per heavy atom. The minimum absolute atomic E-state index is 0.00659. The third-order valence-corrected chi connectivity index (χ3v) is 5.07. The number of carbonyl (C=O) groups is 2. The topological polar surface area (TPSA) is 68.3 Å². The second kappa shape index (κ2) is 8.49. The highest BCUT2D eigenvalue weighted by molar-refractivity contribution is 6.07. The molecule has 5 heteroatoms. The Labute approximate surface area is 175 Å². The van der Waals surface area contributed by atoms with E-state index in [1.807, 2.05) is 56.3 Å². The van der Waals surface area contributed by atoms with Gasteiger partial charge >= 0.3 is 5.97 Å². The van der Waals surface area contributed by atoms with Gasteiger partial charge in [-0.3, -0.25) is 4.79 Å². The summed E-state index contributed by atoms with van der Waals surface area (Å²) >= 11 is 0. The molecule has 0 saturated heterocycles. The predicted molar refractivity (Wildman–Crippen MR) is 118 cm³/mol. The summed E-state index contributed by atoms with van der Waals surface area (Å²) in [6.07, 6.45) is 3.65. The molecule has 1 heterocycles. The van der Waals surface area contributed by atoms with Crippen molar-refractivity contribution in [1.82, 2.24) is 10.3 Å². The van der Waals surface area contributed by atoms with Gasteiger partial charge in [0.25, 0.3) is 5.91 Å².